The zero-order chi connectivity index (χ0) is 26.0. The van der Waals surface area contributed by atoms with Crippen LogP contribution >= 0.6 is 0 Å². The maximum atomic E-state index is 13.1. The Morgan fingerprint density at radius 3 is 2.58 bits per heavy atom. The molecule has 1 aromatic heterocycles. The Labute approximate surface area is 201 Å². The summed E-state index contributed by atoms with van der Waals surface area (Å²) in [6, 6.07) is 8.98. The molecular formula is C23H20F3N5O5. The topological polar surface area (TPSA) is 134 Å². The Hall–Kier alpha value is -4.55. The lowest BCUT2D eigenvalue weighted by atomic mass is 9.92. The first kappa shape index (κ1) is 24.6. The molecule has 0 radical (unpaired) electrons. The number of nitrogens with one attached hydrogen (secondary N) is 4. The second kappa shape index (κ2) is 9.60. The SMILES string of the molecule is COc1ccc(NC(=O)C2CC(=O)Nc3nc(Nc4cccc(C(F)(F)F)c4)[nH]c(=O)c32)c(OC)c1. The number of carbonyl (C=O) groups excluding carboxylic acids is 2. The van der Waals surface area contributed by atoms with Crippen molar-refractivity contribution in [2.45, 2.75) is 18.5 Å². The summed E-state index contributed by atoms with van der Waals surface area (Å²) in [7, 11) is 2.88. The van der Waals surface area contributed by atoms with Gasteiger partial charge in [-0.1, -0.05) is 6.07 Å². The molecular weight excluding hydrogens is 483 g/mol. The number of ether oxygens (including phenoxy) is 2. The second-order valence-corrected chi connectivity index (χ2v) is 7.74. The molecule has 36 heavy (non-hydrogen) atoms. The number of halogens is 3. The number of nitrogens with zero attached hydrogens (tertiary/aromatic N) is 1. The first-order valence-corrected chi connectivity index (χ1v) is 10.5. The Morgan fingerprint density at radius 2 is 1.89 bits per heavy atom. The van der Waals surface area contributed by atoms with Crippen LogP contribution in [0.1, 0.15) is 23.5 Å². The third-order valence-electron chi connectivity index (χ3n) is 5.39. The summed E-state index contributed by atoms with van der Waals surface area (Å²) in [5.74, 6) is -1.99. The van der Waals surface area contributed by atoms with Gasteiger partial charge in [0.25, 0.3) is 5.56 Å². The van der Waals surface area contributed by atoms with E-state index >= 15 is 0 Å². The van der Waals surface area contributed by atoms with Crippen LogP contribution in [0.5, 0.6) is 11.5 Å². The van der Waals surface area contributed by atoms with E-state index in [4.69, 9.17) is 9.47 Å². The molecule has 0 saturated carbocycles. The molecule has 0 saturated heterocycles. The van der Waals surface area contributed by atoms with E-state index in [1.54, 1.807) is 18.2 Å². The van der Waals surface area contributed by atoms with Crippen molar-refractivity contribution >= 4 is 35.0 Å². The van der Waals surface area contributed by atoms with Crippen molar-refractivity contribution in [1.82, 2.24) is 9.97 Å². The van der Waals surface area contributed by atoms with Crippen LogP contribution in [0.25, 0.3) is 0 Å². The second-order valence-electron chi connectivity index (χ2n) is 7.74. The van der Waals surface area contributed by atoms with E-state index in [0.717, 1.165) is 12.1 Å². The van der Waals surface area contributed by atoms with Crippen LogP contribution in [0.2, 0.25) is 0 Å². The number of aromatic nitrogens is 2. The summed E-state index contributed by atoms with van der Waals surface area (Å²) in [6.45, 7) is 0. The summed E-state index contributed by atoms with van der Waals surface area (Å²) < 4.78 is 49.4. The van der Waals surface area contributed by atoms with Gasteiger partial charge in [-0.2, -0.15) is 18.2 Å². The molecule has 2 heterocycles. The summed E-state index contributed by atoms with van der Waals surface area (Å²) in [6.07, 6.45) is -4.88. The van der Waals surface area contributed by atoms with E-state index in [2.05, 4.69) is 25.9 Å². The van der Waals surface area contributed by atoms with Gasteiger partial charge in [0.15, 0.2) is 0 Å². The first-order valence-electron chi connectivity index (χ1n) is 10.5. The van der Waals surface area contributed by atoms with Gasteiger partial charge in [-0.05, 0) is 30.3 Å². The Balaban J connectivity index is 1.63. The maximum Gasteiger partial charge on any atom is 0.416 e. The molecule has 0 bridgehead atoms. The monoisotopic (exact) mass is 503 g/mol. The van der Waals surface area contributed by atoms with Gasteiger partial charge in [0.05, 0.1) is 37.0 Å². The zero-order valence-electron chi connectivity index (χ0n) is 18.9. The highest BCUT2D eigenvalue weighted by Crippen LogP contribution is 2.34. The highest BCUT2D eigenvalue weighted by Gasteiger charge is 2.35. The van der Waals surface area contributed by atoms with Crippen LogP contribution in [0.4, 0.5) is 36.3 Å². The number of H-pyrrole nitrogens is 1. The lowest BCUT2D eigenvalue weighted by Crippen LogP contribution is -2.36. The number of anilines is 4. The molecule has 10 nitrogen and oxygen atoms in total. The molecule has 0 aliphatic carbocycles. The first-order chi connectivity index (χ1) is 17.1. The predicted molar refractivity (Wildman–Crippen MR) is 124 cm³/mol. The van der Waals surface area contributed by atoms with E-state index in [9.17, 15) is 27.6 Å². The van der Waals surface area contributed by atoms with Gasteiger partial charge in [-0.25, -0.2) is 0 Å². The summed E-state index contributed by atoms with van der Waals surface area (Å²) in [5, 5.41) is 7.67. The quantitative estimate of drug-likeness (QED) is 0.404. The molecule has 0 fully saturated rings. The number of fused-ring (bicyclic) bond motifs is 1. The minimum absolute atomic E-state index is 0.0101. The fourth-order valence-corrected chi connectivity index (χ4v) is 3.69. The molecule has 188 valence electrons. The standard InChI is InChI=1S/C23H20F3N5O5/c1-35-13-6-7-15(16(9-13)36-2)28-20(33)14-10-17(32)29-19-18(14)21(34)31-22(30-19)27-12-5-3-4-11(8-12)23(24,25)26/h3-9,14H,10H2,1-2H3,(H,28,33)(H3,27,29,30,31,32,34). The van der Waals surface area contributed by atoms with E-state index in [0.29, 0.717) is 17.2 Å². The highest BCUT2D eigenvalue weighted by atomic mass is 19.4. The fraction of sp³-hybridized carbons (Fsp3) is 0.217. The van der Waals surface area contributed by atoms with Crippen LogP contribution in [-0.4, -0.2) is 36.0 Å². The van der Waals surface area contributed by atoms with E-state index in [1.807, 2.05) is 0 Å². The van der Waals surface area contributed by atoms with Gasteiger partial charge in [0, 0.05) is 18.2 Å². The number of carbonyl (C=O) groups is 2. The van der Waals surface area contributed by atoms with Crippen molar-refractivity contribution in [3.63, 3.8) is 0 Å². The third kappa shape index (κ3) is 5.09. The van der Waals surface area contributed by atoms with Crippen LogP contribution in [0.15, 0.2) is 47.3 Å². The van der Waals surface area contributed by atoms with Crippen molar-refractivity contribution in [3.8, 4) is 11.5 Å². The number of alkyl halides is 3. The Bertz CT molecular complexity index is 1390. The Morgan fingerprint density at radius 1 is 1.11 bits per heavy atom. The minimum Gasteiger partial charge on any atom is -0.497 e. The van der Waals surface area contributed by atoms with Crippen LogP contribution < -0.4 is 31.0 Å². The van der Waals surface area contributed by atoms with Gasteiger partial charge in [-0.15, -0.1) is 0 Å². The number of rotatable bonds is 6. The molecule has 2 amide bonds. The lowest BCUT2D eigenvalue weighted by molar-refractivity contribution is -0.137. The van der Waals surface area contributed by atoms with Crippen LogP contribution in [0.3, 0.4) is 0 Å². The number of hydrogen-bond acceptors (Lipinski definition) is 7. The average Bonchev–Trinajstić information content (AvgIpc) is 2.83. The van der Waals surface area contributed by atoms with E-state index in [-0.39, 0.29) is 29.4 Å². The minimum atomic E-state index is -4.56. The van der Waals surface area contributed by atoms with Crippen LogP contribution in [-0.2, 0) is 15.8 Å². The number of methoxy groups -OCH3 is 2. The normalized spacial score (nSPS) is 14.9. The molecule has 1 aliphatic heterocycles. The maximum absolute atomic E-state index is 13.1. The molecule has 2 aromatic carbocycles. The van der Waals surface area contributed by atoms with Gasteiger partial charge in [0.1, 0.15) is 17.3 Å². The largest absolute Gasteiger partial charge is 0.497 e. The number of benzene rings is 2. The number of amides is 2. The van der Waals surface area contributed by atoms with Gasteiger partial charge >= 0.3 is 6.18 Å². The molecule has 1 unspecified atom stereocenters. The van der Waals surface area contributed by atoms with Crippen molar-refractivity contribution in [2.24, 2.45) is 0 Å². The van der Waals surface area contributed by atoms with E-state index in [1.165, 1.54) is 26.4 Å². The zero-order valence-corrected chi connectivity index (χ0v) is 18.9. The molecule has 1 aliphatic rings. The Kier molecular flexibility index (Phi) is 6.55. The molecule has 3 aromatic rings. The van der Waals surface area contributed by atoms with Gasteiger partial charge < -0.3 is 25.4 Å². The third-order valence-corrected chi connectivity index (χ3v) is 5.39. The summed E-state index contributed by atoms with van der Waals surface area (Å²) >= 11 is 0. The molecule has 4 N–H and O–H groups in total. The average molecular weight is 503 g/mol. The van der Waals surface area contributed by atoms with Crippen LogP contribution in [0, 0.1) is 0 Å². The molecule has 4 rings (SSSR count). The summed E-state index contributed by atoms with van der Waals surface area (Å²) in [4.78, 5) is 44.8. The van der Waals surface area contributed by atoms with Gasteiger partial charge in [-0.3, -0.25) is 19.4 Å². The van der Waals surface area contributed by atoms with Crippen molar-refractivity contribution in [1.29, 1.82) is 0 Å². The molecule has 1 atom stereocenters. The van der Waals surface area contributed by atoms with E-state index < -0.39 is 35.0 Å². The molecule has 13 heteroatoms. The number of aromatic amines is 1. The van der Waals surface area contributed by atoms with Crippen molar-refractivity contribution in [3.05, 3.63) is 63.9 Å². The van der Waals surface area contributed by atoms with Crippen molar-refractivity contribution in [2.75, 3.05) is 30.2 Å². The lowest BCUT2D eigenvalue weighted by Gasteiger charge is -2.24. The fourth-order valence-electron chi connectivity index (χ4n) is 3.69. The predicted octanol–water partition coefficient (Wildman–Crippen LogP) is 3.61. The van der Waals surface area contributed by atoms with Crippen molar-refractivity contribution < 1.29 is 32.2 Å². The number of hydrogen-bond donors (Lipinski definition) is 4. The summed E-state index contributed by atoms with van der Waals surface area (Å²) in [5.41, 5.74) is -1.42. The molecule has 0 spiro atoms. The highest BCUT2D eigenvalue weighted by molar-refractivity contribution is 6.05. The smallest absolute Gasteiger partial charge is 0.416 e. The van der Waals surface area contributed by atoms with Gasteiger partial charge in [0.2, 0.25) is 17.8 Å².